The minimum Gasteiger partial charge on any atom is -0.398 e. The quantitative estimate of drug-likeness (QED) is 0.794. The van der Waals surface area contributed by atoms with Gasteiger partial charge in [-0.15, -0.1) is 0 Å². The van der Waals surface area contributed by atoms with E-state index in [2.05, 4.69) is 26.9 Å². The number of nitrogens with zero attached hydrogens (tertiary/aromatic N) is 1. The molecule has 0 aromatic heterocycles. The molecule has 0 atom stereocenters. The molecule has 3 N–H and O–H groups in total. The van der Waals surface area contributed by atoms with E-state index in [0.29, 0.717) is 6.04 Å². The lowest BCUT2D eigenvalue weighted by molar-refractivity contribution is 0.109. The van der Waals surface area contributed by atoms with Crippen molar-refractivity contribution in [1.29, 1.82) is 0 Å². The minimum absolute atomic E-state index is 0.265. The summed E-state index contributed by atoms with van der Waals surface area (Å²) in [6.45, 7) is 2.14. The fourth-order valence-corrected chi connectivity index (χ4v) is 2.75. The average Bonchev–Trinajstić information content (AvgIpc) is 2.29. The molecule has 100 valence electrons. The Balaban J connectivity index is 2.04. The molecule has 1 fully saturated rings. The molecule has 1 aromatic carbocycles. The molecule has 0 unspecified atom stereocenters. The van der Waals surface area contributed by atoms with Gasteiger partial charge in [-0.1, -0.05) is 18.6 Å². The molecule has 0 amide bonds. The predicted octanol–water partition coefficient (Wildman–Crippen LogP) is 2.77. The summed E-state index contributed by atoms with van der Waals surface area (Å²) >= 11 is 3.56. The zero-order valence-corrected chi connectivity index (χ0v) is 12.2. The molecule has 0 radical (unpaired) electrons. The number of nitrogens with two attached hydrogens (primary N) is 1. The first-order valence-corrected chi connectivity index (χ1v) is 7.39. The van der Waals surface area contributed by atoms with Crippen molar-refractivity contribution in [2.45, 2.75) is 38.3 Å². The molecular weight excluding hydrogens is 292 g/mol. The van der Waals surface area contributed by atoms with Crippen LogP contribution in [0.1, 0.15) is 31.2 Å². The maximum Gasteiger partial charge on any atom is 0.0461 e. The molecule has 1 aromatic rings. The number of benzene rings is 1. The minimum atomic E-state index is 0.265. The highest BCUT2D eigenvalue weighted by Crippen LogP contribution is 2.30. The van der Waals surface area contributed by atoms with Crippen LogP contribution >= 0.6 is 15.9 Å². The molecule has 2 rings (SSSR count). The molecule has 0 heterocycles. The number of anilines is 1. The van der Waals surface area contributed by atoms with E-state index in [-0.39, 0.29) is 6.61 Å². The van der Waals surface area contributed by atoms with Gasteiger partial charge in [0.05, 0.1) is 0 Å². The number of aliphatic hydroxyl groups excluding tert-OH is 1. The highest BCUT2D eigenvalue weighted by atomic mass is 79.9. The Morgan fingerprint density at radius 2 is 2.17 bits per heavy atom. The number of hydrogen-bond donors (Lipinski definition) is 2. The number of rotatable bonds is 6. The fraction of sp³-hybridized carbons (Fsp3) is 0.571. The van der Waals surface area contributed by atoms with Crippen LogP contribution in [0.4, 0.5) is 5.69 Å². The van der Waals surface area contributed by atoms with E-state index in [1.54, 1.807) is 0 Å². The molecule has 18 heavy (non-hydrogen) atoms. The Labute approximate surface area is 117 Å². The summed E-state index contributed by atoms with van der Waals surface area (Å²) in [5.41, 5.74) is 7.94. The molecule has 4 heteroatoms. The number of nitrogen functional groups attached to an aromatic ring is 1. The monoisotopic (exact) mass is 312 g/mol. The third kappa shape index (κ3) is 3.25. The Morgan fingerprint density at radius 1 is 1.39 bits per heavy atom. The van der Waals surface area contributed by atoms with Gasteiger partial charge in [0.2, 0.25) is 0 Å². The van der Waals surface area contributed by atoms with Crippen molar-refractivity contribution in [2.75, 3.05) is 18.9 Å². The van der Waals surface area contributed by atoms with E-state index in [4.69, 9.17) is 10.8 Å². The van der Waals surface area contributed by atoms with Crippen LogP contribution in [0.5, 0.6) is 0 Å². The van der Waals surface area contributed by atoms with Crippen LogP contribution < -0.4 is 5.73 Å². The Bertz CT molecular complexity index is 393. The van der Waals surface area contributed by atoms with Gasteiger partial charge in [0.25, 0.3) is 0 Å². The summed E-state index contributed by atoms with van der Waals surface area (Å²) in [6.07, 6.45) is 4.74. The van der Waals surface area contributed by atoms with Gasteiger partial charge in [0, 0.05) is 35.9 Å². The van der Waals surface area contributed by atoms with Gasteiger partial charge >= 0.3 is 0 Å². The molecule has 3 nitrogen and oxygen atoms in total. The van der Waals surface area contributed by atoms with Crippen molar-refractivity contribution in [2.24, 2.45) is 0 Å². The van der Waals surface area contributed by atoms with Crippen LogP contribution in [-0.4, -0.2) is 29.2 Å². The van der Waals surface area contributed by atoms with Crippen molar-refractivity contribution in [3.8, 4) is 0 Å². The lowest BCUT2D eigenvalue weighted by Crippen LogP contribution is -2.40. The van der Waals surface area contributed by atoms with E-state index in [0.717, 1.165) is 29.7 Å². The Hall–Kier alpha value is -0.580. The van der Waals surface area contributed by atoms with E-state index in [1.807, 2.05) is 12.1 Å². The average molecular weight is 313 g/mol. The van der Waals surface area contributed by atoms with Crippen LogP contribution in [0, 0.1) is 0 Å². The van der Waals surface area contributed by atoms with Crippen LogP contribution in [-0.2, 0) is 6.54 Å². The second kappa shape index (κ2) is 6.55. The first-order valence-electron chi connectivity index (χ1n) is 6.60. The van der Waals surface area contributed by atoms with Crippen LogP contribution in [0.3, 0.4) is 0 Å². The lowest BCUT2D eigenvalue weighted by atomic mass is 9.91. The molecule has 0 aliphatic heterocycles. The summed E-state index contributed by atoms with van der Waals surface area (Å²) in [6, 6.07) is 6.71. The lowest BCUT2D eigenvalue weighted by Gasteiger charge is -2.37. The van der Waals surface area contributed by atoms with Gasteiger partial charge in [-0.2, -0.15) is 0 Å². The maximum atomic E-state index is 9.00. The molecule has 0 bridgehead atoms. The molecule has 1 saturated carbocycles. The highest BCUT2D eigenvalue weighted by Gasteiger charge is 2.25. The second-order valence-corrected chi connectivity index (χ2v) is 5.75. The normalized spacial score (nSPS) is 15.9. The zero-order chi connectivity index (χ0) is 13.0. The van der Waals surface area contributed by atoms with Crippen molar-refractivity contribution >= 4 is 21.6 Å². The molecule has 1 aliphatic rings. The molecule has 1 aliphatic carbocycles. The van der Waals surface area contributed by atoms with Gasteiger partial charge in [0.15, 0.2) is 0 Å². The van der Waals surface area contributed by atoms with E-state index in [1.165, 1.54) is 24.8 Å². The van der Waals surface area contributed by atoms with Crippen LogP contribution in [0.2, 0.25) is 0 Å². The van der Waals surface area contributed by atoms with Crippen LogP contribution in [0.15, 0.2) is 22.7 Å². The van der Waals surface area contributed by atoms with E-state index in [9.17, 15) is 0 Å². The summed E-state index contributed by atoms with van der Waals surface area (Å²) in [7, 11) is 0. The fourth-order valence-electron chi connectivity index (χ4n) is 2.36. The smallest absolute Gasteiger partial charge is 0.0461 e. The predicted molar refractivity (Wildman–Crippen MR) is 78.3 cm³/mol. The van der Waals surface area contributed by atoms with Crippen molar-refractivity contribution in [1.82, 2.24) is 4.90 Å². The first-order chi connectivity index (χ1) is 8.72. The first kappa shape index (κ1) is 13.8. The molecular formula is C14H21BrN2O. The highest BCUT2D eigenvalue weighted by molar-refractivity contribution is 9.10. The van der Waals surface area contributed by atoms with E-state index >= 15 is 0 Å². The maximum absolute atomic E-state index is 9.00. The Kier molecular flexibility index (Phi) is 5.03. The molecule has 0 spiro atoms. The number of aliphatic hydroxyl groups is 1. The van der Waals surface area contributed by atoms with Gasteiger partial charge in [-0.3, -0.25) is 4.90 Å². The Morgan fingerprint density at radius 3 is 2.78 bits per heavy atom. The van der Waals surface area contributed by atoms with Gasteiger partial charge in [-0.25, -0.2) is 0 Å². The van der Waals surface area contributed by atoms with Crippen molar-refractivity contribution in [3.05, 3.63) is 28.2 Å². The topological polar surface area (TPSA) is 49.5 Å². The zero-order valence-electron chi connectivity index (χ0n) is 10.6. The summed E-state index contributed by atoms with van der Waals surface area (Å²) in [5.74, 6) is 0. The largest absolute Gasteiger partial charge is 0.398 e. The standard InChI is InChI=1S/C14H21BrN2O/c15-14-11(4-1-7-13(14)16)10-17(8-3-9-18)12-5-2-6-12/h1,4,7,12,18H,2-3,5-6,8-10,16H2. The molecule has 0 saturated heterocycles. The van der Waals surface area contributed by atoms with Gasteiger partial charge in [0.1, 0.15) is 0 Å². The summed E-state index contributed by atoms with van der Waals surface area (Å²) in [4.78, 5) is 2.47. The SMILES string of the molecule is Nc1cccc(CN(CCCO)C2CCC2)c1Br. The van der Waals surface area contributed by atoms with E-state index < -0.39 is 0 Å². The second-order valence-electron chi connectivity index (χ2n) is 4.95. The van der Waals surface area contributed by atoms with Gasteiger partial charge < -0.3 is 10.8 Å². The van der Waals surface area contributed by atoms with Crippen molar-refractivity contribution in [3.63, 3.8) is 0 Å². The number of hydrogen-bond acceptors (Lipinski definition) is 3. The van der Waals surface area contributed by atoms with Crippen LogP contribution in [0.25, 0.3) is 0 Å². The van der Waals surface area contributed by atoms with Crippen molar-refractivity contribution < 1.29 is 5.11 Å². The number of halogens is 1. The van der Waals surface area contributed by atoms with Gasteiger partial charge in [-0.05, 0) is 46.8 Å². The third-order valence-electron chi connectivity index (χ3n) is 3.68. The third-order valence-corrected chi connectivity index (χ3v) is 4.64. The summed E-state index contributed by atoms with van der Waals surface area (Å²) < 4.78 is 1.01. The summed E-state index contributed by atoms with van der Waals surface area (Å²) in [5, 5.41) is 9.00.